The molecule has 14 nitrogen and oxygen atoms in total. The molecular weight excluding hydrogens is 797 g/mol. The van der Waals surface area contributed by atoms with E-state index in [0.717, 1.165) is 5.56 Å². The standard InChI is InChI=1S/C22H18N2O5S.C21H16N2O5S/c1-12-7-9-13(10-8-12)30(27,28)24-16-11-17(29-2)20(23)19-18(16)21(25)14-5-3-4-6-15(14)22(19)26;1-28-16-11-15(23-29(26,27)12-7-3-2-4-8-12)17-18(19(16)22)21(25)14-10-6-5-9-13(14)20(17)24/h3-11,24H,23H2,1-2H3;2-11,23H,22H2,1H3. The van der Waals surface area contributed by atoms with Crippen LogP contribution in [0.3, 0.4) is 0 Å². The van der Waals surface area contributed by atoms with Gasteiger partial charge in [0.1, 0.15) is 11.5 Å². The predicted molar refractivity (Wildman–Crippen MR) is 221 cm³/mol. The molecule has 0 bridgehead atoms. The van der Waals surface area contributed by atoms with Crippen LogP contribution in [0.2, 0.25) is 0 Å². The SMILES string of the molecule is COc1cc(NS(=O)(=O)c2ccc(C)cc2)c2c(c1N)C(=O)c1ccccc1C2=O.COc1cc(NS(=O)(=O)c2ccccc2)c2c(c1N)C(=O)c1ccccc1C2=O. The molecule has 0 radical (unpaired) electrons. The highest BCUT2D eigenvalue weighted by Gasteiger charge is 2.37. The zero-order valence-corrected chi connectivity index (χ0v) is 33.2. The molecule has 6 N–H and O–H groups in total. The number of ether oxygens (including phenoxy) is 2. The van der Waals surface area contributed by atoms with Gasteiger partial charge in [0.15, 0.2) is 23.1 Å². The summed E-state index contributed by atoms with van der Waals surface area (Å²) < 4.78 is 66.8. The molecule has 0 unspecified atom stereocenters. The number of sulfonamides is 2. The molecule has 2 aliphatic carbocycles. The van der Waals surface area contributed by atoms with Crippen molar-refractivity contribution in [2.45, 2.75) is 16.7 Å². The average molecular weight is 831 g/mol. The summed E-state index contributed by atoms with van der Waals surface area (Å²) in [4.78, 5) is 52.6. The van der Waals surface area contributed by atoms with Gasteiger partial charge in [0, 0.05) is 34.4 Å². The number of methoxy groups -OCH3 is 2. The van der Waals surface area contributed by atoms with Crippen molar-refractivity contribution in [3.05, 3.63) is 165 Å². The fourth-order valence-electron chi connectivity index (χ4n) is 6.81. The van der Waals surface area contributed by atoms with Crippen molar-refractivity contribution >= 4 is 65.9 Å². The highest BCUT2D eigenvalue weighted by molar-refractivity contribution is 7.93. The van der Waals surface area contributed by atoms with E-state index in [1.165, 1.54) is 74.9 Å². The van der Waals surface area contributed by atoms with Gasteiger partial charge < -0.3 is 20.9 Å². The number of aryl methyl sites for hydroxylation is 1. The van der Waals surface area contributed by atoms with Crippen LogP contribution in [0, 0.1) is 6.92 Å². The van der Waals surface area contributed by atoms with Gasteiger partial charge in [-0.25, -0.2) is 16.8 Å². The molecule has 0 saturated heterocycles. The first-order valence-corrected chi connectivity index (χ1v) is 20.6. The monoisotopic (exact) mass is 830 g/mol. The van der Waals surface area contributed by atoms with E-state index in [9.17, 15) is 36.0 Å². The van der Waals surface area contributed by atoms with Crippen LogP contribution in [0.25, 0.3) is 0 Å². The van der Waals surface area contributed by atoms with Crippen molar-refractivity contribution in [3.8, 4) is 11.5 Å². The number of nitrogens with two attached hydrogens (primary N) is 2. The van der Waals surface area contributed by atoms with Gasteiger partial charge in [-0.15, -0.1) is 0 Å². The van der Waals surface area contributed by atoms with Crippen molar-refractivity contribution in [1.29, 1.82) is 0 Å². The van der Waals surface area contributed by atoms with Gasteiger partial charge in [0.25, 0.3) is 20.0 Å². The second-order valence-corrected chi connectivity index (χ2v) is 16.7. The van der Waals surface area contributed by atoms with Crippen molar-refractivity contribution < 1.29 is 45.5 Å². The first kappa shape index (κ1) is 39.9. The fourth-order valence-corrected chi connectivity index (χ4v) is 8.96. The predicted octanol–water partition coefficient (Wildman–Crippen LogP) is 6.02. The maximum atomic E-state index is 13.2. The summed E-state index contributed by atoms with van der Waals surface area (Å²) >= 11 is 0. The van der Waals surface area contributed by atoms with Gasteiger partial charge in [0.05, 0.1) is 69.0 Å². The number of carbonyl (C=O) groups excluding carboxylic acids is 4. The molecule has 6 aromatic rings. The Morgan fingerprint density at radius 1 is 0.458 bits per heavy atom. The molecule has 0 amide bonds. The fraction of sp³-hybridized carbons (Fsp3) is 0.0698. The third-order valence-electron chi connectivity index (χ3n) is 9.71. The molecule has 6 aromatic carbocycles. The van der Waals surface area contributed by atoms with Gasteiger partial charge in [-0.05, 0) is 31.2 Å². The van der Waals surface area contributed by atoms with Crippen molar-refractivity contribution in [2.24, 2.45) is 0 Å². The van der Waals surface area contributed by atoms with Gasteiger partial charge in [-0.3, -0.25) is 28.6 Å². The molecule has 298 valence electrons. The number of nitrogen functional groups attached to an aromatic ring is 2. The van der Waals surface area contributed by atoms with Crippen LogP contribution < -0.4 is 30.4 Å². The Morgan fingerprint density at radius 2 is 0.780 bits per heavy atom. The number of carbonyl (C=O) groups is 4. The maximum absolute atomic E-state index is 13.2. The number of benzene rings is 6. The van der Waals surface area contributed by atoms with Crippen LogP contribution in [-0.4, -0.2) is 54.2 Å². The minimum atomic E-state index is -4.03. The summed E-state index contributed by atoms with van der Waals surface area (Å²) in [5.74, 6) is -1.73. The van der Waals surface area contributed by atoms with Crippen LogP contribution in [0.1, 0.15) is 69.2 Å². The number of anilines is 4. The summed E-state index contributed by atoms with van der Waals surface area (Å²) in [7, 11) is -5.35. The smallest absolute Gasteiger partial charge is 0.261 e. The minimum absolute atomic E-state index is 0.0135. The Labute approximate surface area is 338 Å². The number of nitrogens with one attached hydrogen (secondary N) is 2. The Balaban J connectivity index is 0.000000179. The molecule has 0 saturated carbocycles. The zero-order chi connectivity index (χ0) is 42.4. The number of hydrogen-bond donors (Lipinski definition) is 4. The topological polar surface area (TPSA) is 231 Å². The van der Waals surface area contributed by atoms with Gasteiger partial charge in [-0.2, -0.15) is 0 Å². The summed E-state index contributed by atoms with van der Waals surface area (Å²) in [6, 6.07) is 29.3. The van der Waals surface area contributed by atoms with Crippen LogP contribution >= 0.6 is 0 Å². The Morgan fingerprint density at radius 3 is 1.14 bits per heavy atom. The van der Waals surface area contributed by atoms with E-state index in [4.69, 9.17) is 20.9 Å². The van der Waals surface area contributed by atoms with Crippen LogP contribution in [0.4, 0.5) is 22.7 Å². The summed E-state index contributed by atoms with van der Waals surface area (Å²) in [6.45, 7) is 1.84. The highest BCUT2D eigenvalue weighted by atomic mass is 32.2. The quantitative estimate of drug-likeness (QED) is 0.129. The van der Waals surface area contributed by atoms with Crippen molar-refractivity contribution in [1.82, 2.24) is 0 Å². The second-order valence-electron chi connectivity index (χ2n) is 13.3. The van der Waals surface area contributed by atoms with Gasteiger partial charge >= 0.3 is 0 Å². The van der Waals surface area contributed by atoms with E-state index in [0.29, 0.717) is 0 Å². The number of ketones is 4. The third kappa shape index (κ3) is 7.04. The van der Waals surface area contributed by atoms with E-state index >= 15 is 0 Å². The lowest BCUT2D eigenvalue weighted by Gasteiger charge is -2.23. The minimum Gasteiger partial charge on any atom is -0.494 e. The molecule has 0 atom stereocenters. The van der Waals surface area contributed by atoms with Gasteiger partial charge in [-0.1, -0.05) is 84.4 Å². The van der Waals surface area contributed by atoms with Crippen LogP contribution in [0.15, 0.2) is 125 Å². The number of fused-ring (bicyclic) bond motifs is 4. The lowest BCUT2D eigenvalue weighted by molar-refractivity contribution is 0.0980. The van der Waals surface area contributed by atoms with E-state index in [1.807, 2.05) is 6.92 Å². The van der Waals surface area contributed by atoms with E-state index in [-0.39, 0.29) is 88.5 Å². The number of hydrogen-bond acceptors (Lipinski definition) is 12. The zero-order valence-electron chi connectivity index (χ0n) is 31.5. The van der Waals surface area contributed by atoms with Crippen molar-refractivity contribution in [2.75, 3.05) is 35.1 Å². The van der Waals surface area contributed by atoms with E-state index < -0.39 is 43.2 Å². The Bertz CT molecular complexity index is 2990. The molecule has 0 spiro atoms. The lowest BCUT2D eigenvalue weighted by Crippen LogP contribution is -2.25. The van der Waals surface area contributed by atoms with Crippen LogP contribution in [0.5, 0.6) is 11.5 Å². The molecule has 2 aliphatic rings. The largest absolute Gasteiger partial charge is 0.494 e. The highest BCUT2D eigenvalue weighted by Crippen LogP contribution is 2.43. The van der Waals surface area contributed by atoms with Crippen LogP contribution in [-0.2, 0) is 20.0 Å². The normalized spacial score (nSPS) is 12.9. The maximum Gasteiger partial charge on any atom is 0.261 e. The molecular formula is C43H34N4O10S2. The average Bonchev–Trinajstić information content (AvgIpc) is 3.23. The molecule has 0 aromatic heterocycles. The number of rotatable bonds is 8. The molecule has 16 heteroatoms. The Kier molecular flexibility index (Phi) is 10.3. The molecule has 0 fully saturated rings. The molecule has 8 rings (SSSR count). The van der Waals surface area contributed by atoms with E-state index in [1.54, 1.807) is 54.6 Å². The lowest BCUT2D eigenvalue weighted by atomic mass is 9.82. The van der Waals surface area contributed by atoms with E-state index in [2.05, 4.69) is 9.44 Å². The first-order chi connectivity index (χ1) is 28.1. The summed E-state index contributed by atoms with van der Waals surface area (Å²) in [6.07, 6.45) is 0. The van der Waals surface area contributed by atoms with Gasteiger partial charge in [0.2, 0.25) is 0 Å². The Hall–Kier alpha value is -7.30. The summed E-state index contributed by atoms with van der Waals surface area (Å²) in [5.41, 5.74) is 13.4. The molecule has 59 heavy (non-hydrogen) atoms. The first-order valence-electron chi connectivity index (χ1n) is 17.6. The molecule has 0 heterocycles. The third-order valence-corrected chi connectivity index (χ3v) is 12.5. The second kappa shape index (κ2) is 15.2. The summed E-state index contributed by atoms with van der Waals surface area (Å²) in [5, 5.41) is 0. The van der Waals surface area contributed by atoms with Crippen molar-refractivity contribution in [3.63, 3.8) is 0 Å². The molecule has 0 aliphatic heterocycles.